The zero-order valence-electron chi connectivity index (χ0n) is 12.6. The third kappa shape index (κ3) is 4.06. The van der Waals surface area contributed by atoms with E-state index in [0.29, 0.717) is 6.54 Å². The smallest absolute Gasteiger partial charge is 0.239 e. The first-order valence-corrected chi connectivity index (χ1v) is 7.86. The van der Waals surface area contributed by atoms with Crippen molar-refractivity contribution >= 4 is 17.2 Å². The monoisotopic (exact) mass is 293 g/mol. The normalized spacial score (nSPS) is 13.0. The van der Waals surface area contributed by atoms with Crippen molar-refractivity contribution < 1.29 is 4.79 Å². The summed E-state index contributed by atoms with van der Waals surface area (Å²) in [7, 11) is 0. The van der Waals surface area contributed by atoms with Gasteiger partial charge in [0.15, 0.2) is 0 Å². The molecule has 0 saturated carbocycles. The molecule has 1 atom stereocenters. The number of hydrogen-bond acceptors (Lipinski definition) is 4. The predicted molar refractivity (Wildman–Crippen MR) is 82.4 cm³/mol. The van der Waals surface area contributed by atoms with Gasteiger partial charge in [-0.2, -0.15) is 16.6 Å². The number of nitriles is 1. The average molecular weight is 293 g/mol. The first kappa shape index (κ1) is 16.7. The Morgan fingerprint density at radius 1 is 1.50 bits per heavy atom. The Hall–Kier alpha value is -1.38. The van der Waals surface area contributed by atoms with Gasteiger partial charge in [-0.15, -0.1) is 0 Å². The second kappa shape index (κ2) is 7.41. The molecule has 4 nitrogen and oxygen atoms in total. The van der Waals surface area contributed by atoms with Crippen LogP contribution in [0.1, 0.15) is 39.3 Å². The number of rotatable bonds is 7. The molecule has 0 aliphatic heterocycles. The Balaban J connectivity index is 2.77. The van der Waals surface area contributed by atoms with Crippen molar-refractivity contribution in [3.8, 4) is 6.07 Å². The third-order valence-electron chi connectivity index (χ3n) is 3.48. The van der Waals surface area contributed by atoms with Crippen LogP contribution in [-0.2, 0) is 4.79 Å². The minimum atomic E-state index is -0.984. The minimum absolute atomic E-state index is 0.162. The molecule has 0 radical (unpaired) electrons. The Bertz CT molecular complexity index is 458. The van der Waals surface area contributed by atoms with E-state index in [1.165, 1.54) is 5.56 Å². The molecule has 1 rings (SSSR count). The predicted octanol–water partition coefficient (Wildman–Crippen LogP) is 2.80. The molecule has 0 saturated heterocycles. The van der Waals surface area contributed by atoms with Crippen LogP contribution < -0.4 is 5.32 Å². The maximum atomic E-state index is 12.0. The van der Waals surface area contributed by atoms with Gasteiger partial charge >= 0.3 is 0 Å². The van der Waals surface area contributed by atoms with Crippen LogP contribution in [-0.4, -0.2) is 30.4 Å². The average Bonchev–Trinajstić information content (AvgIpc) is 2.96. The summed E-state index contributed by atoms with van der Waals surface area (Å²) in [4.78, 5) is 14.3. The lowest BCUT2D eigenvalue weighted by atomic mass is 9.94. The molecule has 1 unspecified atom stereocenters. The molecule has 1 heterocycles. The lowest BCUT2D eigenvalue weighted by Crippen LogP contribution is -2.42. The Morgan fingerprint density at radius 2 is 2.15 bits per heavy atom. The lowest BCUT2D eigenvalue weighted by molar-refractivity contribution is -0.127. The molecule has 1 aromatic heterocycles. The molecule has 5 heteroatoms. The van der Waals surface area contributed by atoms with E-state index in [1.807, 2.05) is 11.4 Å². The highest BCUT2D eigenvalue weighted by atomic mass is 32.1. The van der Waals surface area contributed by atoms with E-state index in [4.69, 9.17) is 5.26 Å². The van der Waals surface area contributed by atoms with Gasteiger partial charge in [-0.25, -0.2) is 0 Å². The quantitative estimate of drug-likeness (QED) is 0.841. The van der Waals surface area contributed by atoms with Gasteiger partial charge in [0, 0.05) is 6.54 Å². The van der Waals surface area contributed by atoms with Gasteiger partial charge in [0.2, 0.25) is 5.91 Å². The van der Waals surface area contributed by atoms with Crippen LogP contribution in [0.5, 0.6) is 0 Å². The van der Waals surface area contributed by atoms with Crippen LogP contribution in [0.15, 0.2) is 16.8 Å². The zero-order chi connectivity index (χ0) is 15.2. The Morgan fingerprint density at radius 3 is 2.60 bits per heavy atom. The highest BCUT2D eigenvalue weighted by molar-refractivity contribution is 7.07. The second-order valence-corrected chi connectivity index (χ2v) is 6.02. The molecular formula is C15H23N3OS. The molecule has 110 valence electrons. The molecule has 1 N–H and O–H groups in total. The standard InChI is InChI=1S/C15H23N3OS/c1-5-18(6-2)13(12-7-8-20-10-12)9-17-14(19)15(3,4)11-16/h7-8,10,13H,5-6,9H2,1-4H3,(H,17,19). The summed E-state index contributed by atoms with van der Waals surface area (Å²) in [6.45, 7) is 9.89. The van der Waals surface area contributed by atoms with Crippen LogP contribution in [0, 0.1) is 16.7 Å². The van der Waals surface area contributed by atoms with Crippen molar-refractivity contribution in [3.63, 3.8) is 0 Å². The van der Waals surface area contributed by atoms with E-state index >= 15 is 0 Å². The van der Waals surface area contributed by atoms with Crippen molar-refractivity contribution in [3.05, 3.63) is 22.4 Å². The maximum Gasteiger partial charge on any atom is 0.239 e. The van der Waals surface area contributed by atoms with Crippen molar-refractivity contribution in [1.82, 2.24) is 10.2 Å². The highest BCUT2D eigenvalue weighted by Gasteiger charge is 2.28. The van der Waals surface area contributed by atoms with Crippen LogP contribution in [0.4, 0.5) is 0 Å². The summed E-state index contributed by atoms with van der Waals surface area (Å²) in [5, 5.41) is 16.1. The van der Waals surface area contributed by atoms with Crippen molar-refractivity contribution in [2.45, 2.75) is 33.7 Å². The van der Waals surface area contributed by atoms with Gasteiger partial charge < -0.3 is 5.32 Å². The molecular weight excluding hydrogens is 270 g/mol. The van der Waals surface area contributed by atoms with E-state index < -0.39 is 5.41 Å². The molecule has 0 aromatic carbocycles. The van der Waals surface area contributed by atoms with Gasteiger partial charge in [0.1, 0.15) is 5.41 Å². The van der Waals surface area contributed by atoms with E-state index in [0.717, 1.165) is 13.1 Å². The van der Waals surface area contributed by atoms with Crippen molar-refractivity contribution in [2.75, 3.05) is 19.6 Å². The number of thiophene rings is 1. The summed E-state index contributed by atoms with van der Waals surface area (Å²) < 4.78 is 0. The van der Waals surface area contributed by atoms with Crippen molar-refractivity contribution in [2.24, 2.45) is 5.41 Å². The number of carbonyl (C=O) groups is 1. The summed E-state index contributed by atoms with van der Waals surface area (Å²) >= 11 is 1.66. The van der Waals surface area contributed by atoms with Gasteiger partial charge in [0.25, 0.3) is 0 Å². The fourth-order valence-electron chi connectivity index (χ4n) is 2.05. The van der Waals surface area contributed by atoms with Gasteiger partial charge in [-0.3, -0.25) is 9.69 Å². The summed E-state index contributed by atoms with van der Waals surface area (Å²) in [5.41, 5.74) is 0.233. The number of hydrogen-bond donors (Lipinski definition) is 1. The number of amides is 1. The molecule has 20 heavy (non-hydrogen) atoms. The first-order valence-electron chi connectivity index (χ1n) is 6.92. The number of likely N-dealkylation sites (N-methyl/N-ethyl adjacent to an activating group) is 1. The fourth-order valence-corrected chi connectivity index (χ4v) is 2.75. The lowest BCUT2D eigenvalue weighted by Gasteiger charge is -2.30. The topological polar surface area (TPSA) is 56.1 Å². The van der Waals surface area contributed by atoms with Gasteiger partial charge in [-0.05, 0) is 49.3 Å². The number of nitrogens with zero attached hydrogens (tertiary/aromatic N) is 2. The summed E-state index contributed by atoms with van der Waals surface area (Å²) in [6, 6.07) is 4.29. The van der Waals surface area contributed by atoms with E-state index in [9.17, 15) is 4.79 Å². The Kier molecular flexibility index (Phi) is 6.18. The minimum Gasteiger partial charge on any atom is -0.353 e. The fraction of sp³-hybridized carbons (Fsp3) is 0.600. The molecule has 0 aliphatic rings. The Labute approximate surface area is 125 Å². The number of nitrogens with one attached hydrogen (secondary N) is 1. The van der Waals surface area contributed by atoms with Crippen LogP contribution in [0.25, 0.3) is 0 Å². The summed E-state index contributed by atoms with van der Waals surface area (Å²) in [5.74, 6) is -0.215. The van der Waals surface area contributed by atoms with Crippen LogP contribution >= 0.6 is 11.3 Å². The SMILES string of the molecule is CCN(CC)C(CNC(=O)C(C)(C)C#N)c1ccsc1. The highest BCUT2D eigenvalue weighted by Crippen LogP contribution is 2.23. The zero-order valence-corrected chi connectivity index (χ0v) is 13.5. The maximum absolute atomic E-state index is 12.0. The second-order valence-electron chi connectivity index (χ2n) is 5.24. The largest absolute Gasteiger partial charge is 0.353 e. The van der Waals surface area contributed by atoms with Crippen LogP contribution in [0.3, 0.4) is 0 Å². The third-order valence-corrected chi connectivity index (χ3v) is 4.19. The molecule has 1 amide bonds. The molecule has 0 fully saturated rings. The summed E-state index contributed by atoms with van der Waals surface area (Å²) in [6.07, 6.45) is 0. The number of carbonyl (C=O) groups excluding carboxylic acids is 1. The first-order chi connectivity index (χ1) is 9.46. The molecule has 1 aromatic rings. The van der Waals surface area contributed by atoms with Gasteiger partial charge in [-0.1, -0.05) is 13.8 Å². The molecule has 0 bridgehead atoms. The van der Waals surface area contributed by atoms with E-state index in [1.54, 1.807) is 25.2 Å². The van der Waals surface area contributed by atoms with Crippen LogP contribution in [0.2, 0.25) is 0 Å². The van der Waals surface area contributed by atoms with Gasteiger partial charge in [0.05, 0.1) is 12.1 Å². The van der Waals surface area contributed by atoms with E-state index in [-0.39, 0.29) is 11.9 Å². The molecule has 0 aliphatic carbocycles. The van der Waals surface area contributed by atoms with Crippen molar-refractivity contribution in [1.29, 1.82) is 5.26 Å². The molecule has 0 spiro atoms. The van der Waals surface area contributed by atoms with E-state index in [2.05, 4.69) is 35.5 Å².